The number of carbonyl (C=O) groups is 1. The monoisotopic (exact) mass is 488 g/mol. The van der Waals surface area contributed by atoms with Gasteiger partial charge in [-0.3, -0.25) is 4.79 Å². The predicted octanol–water partition coefficient (Wildman–Crippen LogP) is 3.24. The van der Waals surface area contributed by atoms with Crippen LogP contribution in [-0.2, 0) is 4.79 Å². The van der Waals surface area contributed by atoms with E-state index in [4.69, 9.17) is 14.2 Å². The number of methoxy groups -OCH3 is 3. The molecule has 11 heteroatoms. The van der Waals surface area contributed by atoms with Crippen molar-refractivity contribution < 1.29 is 24.1 Å². The van der Waals surface area contributed by atoms with Gasteiger partial charge in [-0.2, -0.15) is 14.9 Å². The highest BCUT2D eigenvalue weighted by Gasteiger charge is 2.34. The minimum atomic E-state index is -0.361. The summed E-state index contributed by atoms with van der Waals surface area (Å²) in [6.07, 6.45) is 1.73. The van der Waals surface area contributed by atoms with Crippen LogP contribution in [0.2, 0.25) is 0 Å². The lowest BCUT2D eigenvalue weighted by Gasteiger charge is -2.25. The Bertz CT molecular complexity index is 1440. The number of carbonyl (C=O) groups excluding carboxylic acids is 1. The summed E-state index contributed by atoms with van der Waals surface area (Å²) in [6, 6.07) is 10.8. The first-order chi connectivity index (χ1) is 17.4. The summed E-state index contributed by atoms with van der Waals surface area (Å²) in [5.41, 5.74) is 3.61. The number of nitrogens with one attached hydrogen (secondary N) is 1. The number of aromatic nitrogens is 5. The van der Waals surface area contributed by atoms with Gasteiger partial charge in [0.05, 0.1) is 38.9 Å². The molecular weight excluding hydrogens is 464 g/mol. The van der Waals surface area contributed by atoms with Crippen molar-refractivity contribution in [2.75, 3.05) is 26.6 Å². The Kier molecular flexibility index (Phi) is 5.88. The van der Waals surface area contributed by atoms with E-state index in [2.05, 4.69) is 25.6 Å². The molecule has 4 aromatic rings. The van der Waals surface area contributed by atoms with Crippen LogP contribution in [0, 0.1) is 6.92 Å². The largest absolute Gasteiger partial charge is 0.502 e. The lowest BCUT2D eigenvalue weighted by molar-refractivity contribution is -0.116. The van der Waals surface area contributed by atoms with Crippen molar-refractivity contribution in [2.24, 2.45) is 0 Å². The molecule has 11 nitrogen and oxygen atoms in total. The Hall–Kier alpha value is -4.67. The summed E-state index contributed by atoms with van der Waals surface area (Å²) in [4.78, 5) is 17.4. The molecule has 0 radical (unpaired) electrons. The molecule has 5 rings (SSSR count). The molecule has 36 heavy (non-hydrogen) atoms. The van der Waals surface area contributed by atoms with E-state index in [-0.39, 0.29) is 41.4 Å². The van der Waals surface area contributed by atoms with Crippen LogP contribution >= 0.6 is 0 Å². The van der Waals surface area contributed by atoms with Crippen LogP contribution in [0.25, 0.3) is 17.2 Å². The second-order valence-corrected chi connectivity index (χ2v) is 8.21. The first-order valence-corrected chi connectivity index (χ1v) is 11.1. The molecule has 3 heterocycles. The van der Waals surface area contributed by atoms with Crippen LogP contribution in [0.5, 0.6) is 23.0 Å². The normalized spacial score (nSPS) is 14.7. The Balaban J connectivity index is 1.62. The van der Waals surface area contributed by atoms with Gasteiger partial charge in [-0.25, -0.2) is 4.98 Å². The number of ether oxygens (including phenoxy) is 3. The maximum atomic E-state index is 12.8. The van der Waals surface area contributed by atoms with Gasteiger partial charge in [0.2, 0.25) is 11.7 Å². The third-order valence-electron chi connectivity index (χ3n) is 6.11. The standard InChI is InChI=1S/C25H24N6O5/c1-13-22-17(15-9-19(35-3)23(33)20(10-15)36-4)11-21(32)28-24(22)31(30-13)25-27-18(12-26-29-25)14-6-5-7-16(8-14)34-2/h5-10,12,17,33H,11H2,1-4H3,(H,28,32)/t17-/m0/s1. The number of nitrogens with zero attached hydrogens (tertiary/aromatic N) is 5. The Morgan fingerprint density at radius 2 is 1.83 bits per heavy atom. The molecule has 1 amide bonds. The number of aromatic hydroxyl groups is 1. The average Bonchev–Trinajstić information content (AvgIpc) is 3.24. The minimum Gasteiger partial charge on any atom is -0.502 e. The van der Waals surface area contributed by atoms with Gasteiger partial charge >= 0.3 is 0 Å². The van der Waals surface area contributed by atoms with Crippen molar-refractivity contribution in [3.05, 3.63) is 59.4 Å². The number of rotatable bonds is 6. The van der Waals surface area contributed by atoms with Gasteiger partial charge < -0.3 is 24.6 Å². The number of aryl methyl sites for hydroxylation is 1. The Labute approximate surface area is 206 Å². The summed E-state index contributed by atoms with van der Waals surface area (Å²) in [5.74, 6) is 1.20. The molecule has 2 aromatic carbocycles. The van der Waals surface area contributed by atoms with Crippen molar-refractivity contribution in [3.8, 4) is 40.2 Å². The van der Waals surface area contributed by atoms with E-state index >= 15 is 0 Å². The number of hydrogen-bond donors (Lipinski definition) is 2. The first kappa shape index (κ1) is 23.1. The molecule has 0 bridgehead atoms. The van der Waals surface area contributed by atoms with Crippen molar-refractivity contribution in [1.29, 1.82) is 0 Å². The fourth-order valence-electron chi connectivity index (χ4n) is 4.40. The average molecular weight is 489 g/mol. The summed E-state index contributed by atoms with van der Waals surface area (Å²) < 4.78 is 17.4. The molecule has 0 spiro atoms. The quantitative estimate of drug-likeness (QED) is 0.419. The summed E-state index contributed by atoms with van der Waals surface area (Å²) in [5, 5.41) is 26.2. The zero-order valence-electron chi connectivity index (χ0n) is 20.1. The minimum absolute atomic E-state index is 0.106. The lowest BCUT2D eigenvalue weighted by atomic mass is 9.85. The van der Waals surface area contributed by atoms with Crippen molar-refractivity contribution >= 4 is 11.7 Å². The third kappa shape index (κ3) is 3.94. The topological polar surface area (TPSA) is 134 Å². The fraction of sp³-hybridized carbons (Fsp3) is 0.240. The smallest absolute Gasteiger partial charge is 0.272 e. The summed E-state index contributed by atoms with van der Waals surface area (Å²) in [6.45, 7) is 1.86. The van der Waals surface area contributed by atoms with Gasteiger partial charge in [-0.15, -0.1) is 5.10 Å². The summed E-state index contributed by atoms with van der Waals surface area (Å²) in [7, 11) is 4.51. The van der Waals surface area contributed by atoms with E-state index in [0.29, 0.717) is 23.0 Å². The second kappa shape index (κ2) is 9.17. The number of phenols is 1. The molecule has 1 aliphatic heterocycles. The second-order valence-electron chi connectivity index (χ2n) is 8.21. The van der Waals surface area contributed by atoms with Crippen molar-refractivity contribution in [2.45, 2.75) is 19.3 Å². The van der Waals surface area contributed by atoms with Crippen LogP contribution in [0.15, 0.2) is 42.6 Å². The number of hydrogen-bond acceptors (Lipinski definition) is 9. The fourth-order valence-corrected chi connectivity index (χ4v) is 4.40. The lowest BCUT2D eigenvalue weighted by Crippen LogP contribution is -2.25. The molecule has 1 atom stereocenters. The number of fused-ring (bicyclic) bond motifs is 1. The predicted molar refractivity (Wildman–Crippen MR) is 130 cm³/mol. The van der Waals surface area contributed by atoms with Crippen LogP contribution in [0.4, 0.5) is 5.82 Å². The van der Waals surface area contributed by atoms with E-state index in [1.54, 1.807) is 25.4 Å². The van der Waals surface area contributed by atoms with Gasteiger partial charge in [0.1, 0.15) is 11.6 Å². The molecule has 0 saturated carbocycles. The molecule has 0 fully saturated rings. The Morgan fingerprint density at radius 3 is 2.53 bits per heavy atom. The number of benzene rings is 2. The van der Waals surface area contributed by atoms with Gasteiger partial charge in [-0.1, -0.05) is 12.1 Å². The maximum Gasteiger partial charge on any atom is 0.272 e. The van der Waals surface area contributed by atoms with E-state index in [1.165, 1.54) is 18.9 Å². The Morgan fingerprint density at radius 1 is 1.08 bits per heavy atom. The van der Waals surface area contributed by atoms with Crippen molar-refractivity contribution in [1.82, 2.24) is 25.0 Å². The highest BCUT2D eigenvalue weighted by molar-refractivity contribution is 5.95. The van der Waals surface area contributed by atoms with Gasteiger partial charge in [0.25, 0.3) is 5.95 Å². The molecule has 0 aliphatic carbocycles. The highest BCUT2D eigenvalue weighted by atomic mass is 16.5. The molecule has 2 aromatic heterocycles. The molecule has 2 N–H and O–H groups in total. The van der Waals surface area contributed by atoms with Gasteiger partial charge in [0, 0.05) is 23.5 Å². The van der Waals surface area contributed by atoms with E-state index in [9.17, 15) is 9.90 Å². The molecule has 0 unspecified atom stereocenters. The zero-order valence-corrected chi connectivity index (χ0v) is 20.1. The zero-order chi connectivity index (χ0) is 25.4. The number of anilines is 1. The van der Waals surface area contributed by atoms with E-state index in [1.807, 2.05) is 31.2 Å². The highest BCUT2D eigenvalue weighted by Crippen LogP contribution is 2.45. The SMILES string of the molecule is COc1cccc(-c2cnnc(-n3nc(C)c4c3NC(=O)C[C@H]4c3cc(OC)c(O)c(OC)c3)n2)c1. The van der Waals surface area contributed by atoms with Crippen LogP contribution in [-0.4, -0.2) is 57.3 Å². The van der Waals surface area contributed by atoms with E-state index < -0.39 is 0 Å². The molecule has 0 saturated heterocycles. The van der Waals surface area contributed by atoms with Crippen LogP contribution in [0.1, 0.15) is 29.2 Å². The van der Waals surface area contributed by atoms with Crippen LogP contribution < -0.4 is 19.5 Å². The molecular formula is C25H24N6O5. The molecule has 1 aliphatic rings. The first-order valence-electron chi connectivity index (χ1n) is 11.1. The van der Waals surface area contributed by atoms with Crippen LogP contribution in [0.3, 0.4) is 0 Å². The number of amides is 1. The van der Waals surface area contributed by atoms with Gasteiger partial charge in [0.15, 0.2) is 11.5 Å². The van der Waals surface area contributed by atoms with Crippen molar-refractivity contribution in [3.63, 3.8) is 0 Å². The molecule has 184 valence electrons. The third-order valence-corrected chi connectivity index (χ3v) is 6.11. The maximum absolute atomic E-state index is 12.8. The summed E-state index contributed by atoms with van der Waals surface area (Å²) >= 11 is 0. The van der Waals surface area contributed by atoms with Gasteiger partial charge in [-0.05, 0) is 36.8 Å². The number of phenolic OH excluding ortho intramolecular Hbond substituents is 1. The van der Waals surface area contributed by atoms with E-state index in [0.717, 1.165) is 16.7 Å².